The third kappa shape index (κ3) is 8.07. The van der Waals surface area contributed by atoms with Crippen molar-refractivity contribution in [3.8, 4) is 0 Å². The van der Waals surface area contributed by atoms with E-state index in [1.54, 1.807) is 0 Å². The molecule has 1 fully saturated rings. The second kappa shape index (κ2) is 13.4. The van der Waals surface area contributed by atoms with Gasteiger partial charge in [0.25, 0.3) is 0 Å². The predicted octanol–water partition coefficient (Wildman–Crippen LogP) is 5.52. The molecule has 0 aromatic heterocycles. The molecule has 1 aliphatic rings. The fourth-order valence-corrected chi connectivity index (χ4v) is 4.91. The summed E-state index contributed by atoms with van der Waals surface area (Å²) in [5.74, 6) is 0.578. The van der Waals surface area contributed by atoms with Gasteiger partial charge in [-0.05, 0) is 56.3 Å². The van der Waals surface area contributed by atoms with Gasteiger partial charge in [-0.1, -0.05) is 74.0 Å². The average Bonchev–Trinajstić information content (AvgIpc) is 2.80. The summed E-state index contributed by atoms with van der Waals surface area (Å²) in [6, 6.07) is 22.3. The van der Waals surface area contributed by atoms with E-state index in [-0.39, 0.29) is 5.97 Å². The van der Waals surface area contributed by atoms with Crippen LogP contribution >= 0.6 is 0 Å². The number of likely N-dealkylation sites (tertiary alicyclic amines) is 1. The van der Waals surface area contributed by atoms with Crippen molar-refractivity contribution in [3.05, 3.63) is 71.8 Å². The van der Waals surface area contributed by atoms with Crippen molar-refractivity contribution in [2.75, 3.05) is 26.2 Å². The number of benzene rings is 2. The number of hydrogen-bond acceptors (Lipinski definition) is 4. The number of unbranched alkanes of at least 4 members (excludes halogenated alkanes) is 2. The Hall–Kier alpha value is -2.17. The number of carbonyl (C=O) groups excluding carboxylic acids is 1. The molecule has 1 saturated heterocycles. The molecule has 0 bridgehead atoms. The van der Waals surface area contributed by atoms with Gasteiger partial charge in [0.15, 0.2) is 0 Å². The summed E-state index contributed by atoms with van der Waals surface area (Å²) < 4.78 is 5.02. The number of piperidine rings is 1. The standard InChI is InChI=1S/C28H40N2O2/c1-3-32-28(31)17-11-6-12-19-29-20-18-27(24(2)21-29)30(22-25-13-7-4-8-14-25)23-26-15-9-5-10-16-26/h4-5,7-10,13-16,24,27H,3,6,11-12,17-23H2,1-2H3/t24?,27-/m1/s1. The molecule has 174 valence electrons. The molecular weight excluding hydrogens is 396 g/mol. The van der Waals surface area contributed by atoms with Gasteiger partial charge in [-0.15, -0.1) is 0 Å². The maximum absolute atomic E-state index is 11.5. The van der Waals surface area contributed by atoms with Gasteiger partial charge in [0.05, 0.1) is 6.61 Å². The third-order valence-electron chi connectivity index (χ3n) is 6.53. The van der Waals surface area contributed by atoms with Crippen LogP contribution in [0.15, 0.2) is 60.7 Å². The molecule has 0 radical (unpaired) electrons. The van der Waals surface area contributed by atoms with Crippen molar-refractivity contribution in [1.29, 1.82) is 0 Å². The minimum absolute atomic E-state index is 0.0566. The molecule has 1 aliphatic heterocycles. The summed E-state index contributed by atoms with van der Waals surface area (Å²) in [5, 5.41) is 0. The molecule has 0 spiro atoms. The van der Waals surface area contributed by atoms with Crippen molar-refractivity contribution in [1.82, 2.24) is 9.80 Å². The molecule has 32 heavy (non-hydrogen) atoms. The van der Waals surface area contributed by atoms with Crippen molar-refractivity contribution >= 4 is 5.97 Å². The van der Waals surface area contributed by atoms with Crippen LogP contribution in [0.2, 0.25) is 0 Å². The van der Waals surface area contributed by atoms with Crippen LogP contribution in [-0.4, -0.2) is 48.1 Å². The van der Waals surface area contributed by atoms with Gasteiger partial charge in [-0.3, -0.25) is 9.69 Å². The van der Waals surface area contributed by atoms with E-state index >= 15 is 0 Å². The second-order valence-corrected chi connectivity index (χ2v) is 9.13. The molecule has 1 heterocycles. The zero-order valence-electron chi connectivity index (χ0n) is 19.9. The van der Waals surface area contributed by atoms with Crippen LogP contribution < -0.4 is 0 Å². The Morgan fingerprint density at radius 2 is 1.59 bits per heavy atom. The highest BCUT2D eigenvalue weighted by Crippen LogP contribution is 2.26. The van der Waals surface area contributed by atoms with Crippen LogP contribution in [-0.2, 0) is 22.6 Å². The summed E-state index contributed by atoms with van der Waals surface area (Å²) in [7, 11) is 0. The number of nitrogens with zero attached hydrogens (tertiary/aromatic N) is 2. The minimum atomic E-state index is -0.0566. The lowest BCUT2D eigenvalue weighted by molar-refractivity contribution is -0.143. The fourth-order valence-electron chi connectivity index (χ4n) is 4.91. The number of esters is 1. The molecule has 2 aromatic carbocycles. The molecule has 4 nitrogen and oxygen atoms in total. The first-order valence-electron chi connectivity index (χ1n) is 12.4. The molecule has 2 aromatic rings. The van der Waals surface area contributed by atoms with Crippen LogP contribution in [0.4, 0.5) is 0 Å². The zero-order chi connectivity index (χ0) is 22.6. The molecule has 0 amide bonds. The van der Waals surface area contributed by atoms with Crippen LogP contribution in [0.25, 0.3) is 0 Å². The molecule has 0 saturated carbocycles. The van der Waals surface area contributed by atoms with E-state index in [0.29, 0.717) is 25.0 Å². The zero-order valence-corrected chi connectivity index (χ0v) is 19.9. The Bertz CT molecular complexity index is 739. The van der Waals surface area contributed by atoms with Crippen molar-refractivity contribution in [2.24, 2.45) is 5.92 Å². The summed E-state index contributed by atoms with van der Waals surface area (Å²) in [4.78, 5) is 16.8. The molecule has 0 aliphatic carbocycles. The third-order valence-corrected chi connectivity index (χ3v) is 6.53. The Balaban J connectivity index is 1.50. The number of rotatable bonds is 12. The van der Waals surface area contributed by atoms with E-state index < -0.39 is 0 Å². The minimum Gasteiger partial charge on any atom is -0.466 e. The first-order chi connectivity index (χ1) is 15.7. The quantitative estimate of drug-likeness (QED) is 0.324. The molecule has 4 heteroatoms. The average molecular weight is 437 g/mol. The summed E-state index contributed by atoms with van der Waals surface area (Å²) in [5.41, 5.74) is 2.78. The maximum Gasteiger partial charge on any atom is 0.305 e. The van der Waals surface area contributed by atoms with Crippen molar-refractivity contribution in [2.45, 2.75) is 65.1 Å². The molecule has 0 N–H and O–H groups in total. The number of carbonyl (C=O) groups is 1. The number of hydrogen-bond donors (Lipinski definition) is 0. The van der Waals surface area contributed by atoms with Crippen LogP contribution in [0, 0.1) is 5.92 Å². The highest BCUT2D eigenvalue weighted by molar-refractivity contribution is 5.69. The summed E-state index contributed by atoms with van der Waals surface area (Å²) in [6.07, 6.45) is 4.96. The van der Waals surface area contributed by atoms with Crippen molar-refractivity contribution < 1.29 is 9.53 Å². The van der Waals surface area contributed by atoms with Gasteiger partial charge >= 0.3 is 5.97 Å². The predicted molar refractivity (Wildman–Crippen MR) is 131 cm³/mol. The van der Waals surface area contributed by atoms with Crippen LogP contribution in [0.1, 0.15) is 57.1 Å². The maximum atomic E-state index is 11.5. The van der Waals surface area contributed by atoms with Gasteiger partial charge in [-0.2, -0.15) is 0 Å². The number of ether oxygens (including phenoxy) is 1. The Labute approximate surface area is 194 Å². The van der Waals surface area contributed by atoms with Crippen LogP contribution in [0.5, 0.6) is 0 Å². The lowest BCUT2D eigenvalue weighted by Gasteiger charge is -2.43. The van der Waals surface area contributed by atoms with Gasteiger partial charge in [-0.25, -0.2) is 0 Å². The normalized spacial score (nSPS) is 19.2. The molecular formula is C28H40N2O2. The largest absolute Gasteiger partial charge is 0.466 e. The van der Waals surface area contributed by atoms with E-state index in [1.807, 2.05) is 6.92 Å². The lowest BCUT2D eigenvalue weighted by Crippen LogP contribution is -2.49. The first-order valence-corrected chi connectivity index (χ1v) is 12.4. The van der Waals surface area contributed by atoms with Gasteiger partial charge in [0.1, 0.15) is 0 Å². The summed E-state index contributed by atoms with van der Waals surface area (Å²) >= 11 is 0. The smallest absolute Gasteiger partial charge is 0.305 e. The second-order valence-electron chi connectivity index (χ2n) is 9.13. The van der Waals surface area contributed by atoms with Crippen LogP contribution in [0.3, 0.4) is 0 Å². The highest BCUT2D eigenvalue weighted by atomic mass is 16.5. The Morgan fingerprint density at radius 3 is 2.16 bits per heavy atom. The topological polar surface area (TPSA) is 32.8 Å². The van der Waals surface area contributed by atoms with Gasteiger partial charge in [0.2, 0.25) is 0 Å². The van der Waals surface area contributed by atoms with E-state index in [9.17, 15) is 4.79 Å². The van der Waals surface area contributed by atoms with E-state index in [0.717, 1.165) is 52.0 Å². The van der Waals surface area contributed by atoms with Gasteiger partial charge < -0.3 is 9.64 Å². The van der Waals surface area contributed by atoms with Gasteiger partial charge in [0, 0.05) is 32.1 Å². The molecule has 1 unspecified atom stereocenters. The highest BCUT2D eigenvalue weighted by Gasteiger charge is 2.30. The Morgan fingerprint density at radius 1 is 0.969 bits per heavy atom. The van der Waals surface area contributed by atoms with Crippen molar-refractivity contribution in [3.63, 3.8) is 0 Å². The van der Waals surface area contributed by atoms with E-state index in [1.165, 1.54) is 17.5 Å². The molecule has 2 atom stereocenters. The van der Waals surface area contributed by atoms with E-state index in [2.05, 4.69) is 77.4 Å². The van der Waals surface area contributed by atoms with E-state index in [4.69, 9.17) is 4.74 Å². The lowest BCUT2D eigenvalue weighted by atomic mass is 9.91. The first kappa shape index (κ1) is 24.5. The monoisotopic (exact) mass is 436 g/mol. The fraction of sp³-hybridized carbons (Fsp3) is 0.536. The SMILES string of the molecule is CCOC(=O)CCCCCN1CC[C@@H](N(Cc2ccccc2)Cc2ccccc2)C(C)C1. The summed E-state index contributed by atoms with van der Waals surface area (Å²) in [6.45, 7) is 10.2. The molecule has 3 rings (SSSR count). The Kier molecular flexibility index (Phi) is 10.2.